The molecule has 0 bridgehead atoms. The van der Waals surface area contributed by atoms with Gasteiger partial charge in [0.25, 0.3) is 17.9 Å². The number of pyridine rings is 2. The second-order valence-corrected chi connectivity index (χ2v) is 7.60. The first-order valence-electron chi connectivity index (χ1n) is 10.2. The number of halogens is 2. The number of nitrogens with zero attached hydrogens (tertiary/aromatic N) is 3. The Labute approximate surface area is 184 Å². The molecular formula is C22H25F2N3O5. The number of fused-ring (bicyclic) bond motifs is 3. The third-order valence-corrected chi connectivity index (χ3v) is 5.01. The average molecular weight is 449 g/mol. The van der Waals surface area contributed by atoms with Crippen molar-refractivity contribution in [2.45, 2.75) is 39.3 Å². The molecule has 0 N–H and O–H groups in total. The van der Waals surface area contributed by atoms with Gasteiger partial charge in [-0.3, -0.25) is 9.36 Å². The standard InChI is InChI=1S/C22H25F2N3O5/c1-12(2)20-14-8-13(10-25)22(28)27(11-17(23)24)19(14)18-15(32-20)9-16(21(26-18)30-4)31-7-5-6-29-3/h8-9,12,17,20H,5-7,11H2,1-4H3/t20-/m1/s1. The summed E-state index contributed by atoms with van der Waals surface area (Å²) in [5.74, 6) is 0.647. The molecule has 0 spiro atoms. The minimum atomic E-state index is -2.81. The summed E-state index contributed by atoms with van der Waals surface area (Å²) in [4.78, 5) is 17.2. The van der Waals surface area contributed by atoms with Gasteiger partial charge >= 0.3 is 0 Å². The van der Waals surface area contributed by atoms with Gasteiger partial charge in [-0.1, -0.05) is 13.8 Å². The summed E-state index contributed by atoms with van der Waals surface area (Å²) in [5.41, 5.74) is -0.207. The zero-order valence-electron chi connectivity index (χ0n) is 18.4. The van der Waals surface area contributed by atoms with Crippen LogP contribution >= 0.6 is 0 Å². The second-order valence-electron chi connectivity index (χ2n) is 7.60. The molecule has 1 atom stereocenters. The van der Waals surface area contributed by atoms with Crippen molar-refractivity contribution >= 4 is 0 Å². The number of hydrogen-bond donors (Lipinski definition) is 0. The molecule has 0 radical (unpaired) electrons. The normalized spacial score (nSPS) is 14.5. The maximum Gasteiger partial charge on any atom is 0.269 e. The molecule has 0 aliphatic carbocycles. The summed E-state index contributed by atoms with van der Waals surface area (Å²) in [6, 6.07) is 4.78. The highest BCUT2D eigenvalue weighted by Crippen LogP contribution is 2.47. The third kappa shape index (κ3) is 4.53. The van der Waals surface area contributed by atoms with E-state index in [-0.39, 0.29) is 34.5 Å². The van der Waals surface area contributed by atoms with Crippen molar-refractivity contribution in [1.29, 1.82) is 5.26 Å². The minimum Gasteiger partial charge on any atom is -0.488 e. The van der Waals surface area contributed by atoms with E-state index in [9.17, 15) is 18.8 Å². The fourth-order valence-electron chi connectivity index (χ4n) is 3.61. The van der Waals surface area contributed by atoms with Crippen molar-refractivity contribution in [3.63, 3.8) is 0 Å². The topological polar surface area (TPSA) is 95.6 Å². The molecule has 8 nitrogen and oxygen atoms in total. The van der Waals surface area contributed by atoms with Crippen LogP contribution in [-0.2, 0) is 11.3 Å². The molecule has 172 valence electrons. The molecule has 0 saturated carbocycles. The van der Waals surface area contributed by atoms with Crippen molar-refractivity contribution < 1.29 is 27.7 Å². The summed E-state index contributed by atoms with van der Waals surface area (Å²) < 4.78 is 50.0. The number of ether oxygens (including phenoxy) is 4. The van der Waals surface area contributed by atoms with Crippen LogP contribution in [0.5, 0.6) is 17.4 Å². The second kappa shape index (κ2) is 9.96. The summed E-state index contributed by atoms with van der Waals surface area (Å²) >= 11 is 0. The van der Waals surface area contributed by atoms with Gasteiger partial charge in [0.05, 0.1) is 26.0 Å². The van der Waals surface area contributed by atoms with E-state index in [0.29, 0.717) is 30.9 Å². The van der Waals surface area contributed by atoms with Crippen molar-refractivity contribution in [2.75, 3.05) is 27.4 Å². The first-order valence-corrected chi connectivity index (χ1v) is 10.2. The highest BCUT2D eigenvalue weighted by Gasteiger charge is 2.35. The maximum atomic E-state index is 13.4. The lowest BCUT2D eigenvalue weighted by atomic mass is 9.92. The Morgan fingerprint density at radius 3 is 2.62 bits per heavy atom. The van der Waals surface area contributed by atoms with Crippen LogP contribution < -0.4 is 19.8 Å². The SMILES string of the molecule is COCCCOc1cc2c(nc1OC)-c1c(cc(C#N)c(=O)n1CC(F)F)[C@@H](C(C)C)O2. The van der Waals surface area contributed by atoms with Crippen LogP contribution in [0.1, 0.15) is 37.5 Å². The van der Waals surface area contributed by atoms with Crippen molar-refractivity contribution in [3.05, 3.63) is 33.6 Å². The minimum absolute atomic E-state index is 0.0842. The highest BCUT2D eigenvalue weighted by molar-refractivity contribution is 5.72. The Morgan fingerprint density at radius 2 is 2.03 bits per heavy atom. The summed E-state index contributed by atoms with van der Waals surface area (Å²) in [6.07, 6.45) is -2.75. The Hall–Kier alpha value is -3.19. The van der Waals surface area contributed by atoms with E-state index in [0.717, 1.165) is 4.57 Å². The third-order valence-electron chi connectivity index (χ3n) is 5.01. The summed E-state index contributed by atoms with van der Waals surface area (Å²) in [7, 11) is 3.00. The number of rotatable bonds is 9. The maximum absolute atomic E-state index is 13.4. The van der Waals surface area contributed by atoms with Crippen LogP contribution in [0.25, 0.3) is 11.4 Å². The van der Waals surface area contributed by atoms with Crippen LogP contribution in [0.2, 0.25) is 0 Å². The monoisotopic (exact) mass is 449 g/mol. The van der Waals surface area contributed by atoms with Gasteiger partial charge in [0.1, 0.15) is 23.4 Å². The molecule has 32 heavy (non-hydrogen) atoms. The molecule has 0 fully saturated rings. The molecule has 0 unspecified atom stereocenters. The zero-order valence-corrected chi connectivity index (χ0v) is 18.4. The van der Waals surface area contributed by atoms with Gasteiger partial charge in [-0.2, -0.15) is 5.26 Å². The molecule has 10 heteroatoms. The molecule has 0 amide bonds. The van der Waals surface area contributed by atoms with Crippen LogP contribution in [0.3, 0.4) is 0 Å². The number of aromatic nitrogens is 2. The zero-order chi connectivity index (χ0) is 23.4. The van der Waals surface area contributed by atoms with E-state index >= 15 is 0 Å². The Kier molecular flexibility index (Phi) is 7.30. The predicted molar refractivity (Wildman–Crippen MR) is 111 cm³/mol. The number of nitriles is 1. The van der Waals surface area contributed by atoms with Crippen LogP contribution in [0.15, 0.2) is 16.9 Å². The molecule has 2 aromatic heterocycles. The van der Waals surface area contributed by atoms with E-state index in [1.807, 2.05) is 13.8 Å². The first-order chi connectivity index (χ1) is 15.3. The van der Waals surface area contributed by atoms with Crippen LogP contribution in [0.4, 0.5) is 8.78 Å². The Bertz CT molecular complexity index is 1080. The van der Waals surface area contributed by atoms with Crippen molar-refractivity contribution in [1.82, 2.24) is 9.55 Å². The lowest BCUT2D eigenvalue weighted by molar-refractivity contribution is 0.122. The molecular weight excluding hydrogens is 424 g/mol. The quantitative estimate of drug-likeness (QED) is 0.540. The van der Waals surface area contributed by atoms with Gasteiger partial charge in [0, 0.05) is 31.8 Å². The number of hydrogen-bond acceptors (Lipinski definition) is 7. The van der Waals surface area contributed by atoms with Gasteiger partial charge in [-0.15, -0.1) is 0 Å². The van der Waals surface area contributed by atoms with Gasteiger partial charge in [0.15, 0.2) is 11.5 Å². The van der Waals surface area contributed by atoms with Crippen LogP contribution in [0, 0.1) is 17.2 Å². The fourth-order valence-corrected chi connectivity index (χ4v) is 3.61. The van der Waals surface area contributed by atoms with Crippen LogP contribution in [-0.4, -0.2) is 43.4 Å². The van der Waals surface area contributed by atoms with E-state index in [4.69, 9.17) is 18.9 Å². The van der Waals surface area contributed by atoms with E-state index in [2.05, 4.69) is 4.98 Å². The number of alkyl halides is 2. The van der Waals surface area contributed by atoms with Gasteiger partial charge in [-0.05, 0) is 12.0 Å². The lowest BCUT2D eigenvalue weighted by Gasteiger charge is -2.32. The summed E-state index contributed by atoms with van der Waals surface area (Å²) in [6.45, 7) is 3.78. The molecule has 2 aromatic rings. The molecule has 0 saturated heterocycles. The molecule has 0 aromatic carbocycles. The highest BCUT2D eigenvalue weighted by atomic mass is 19.3. The van der Waals surface area contributed by atoms with Crippen molar-refractivity contribution in [3.8, 4) is 34.8 Å². The van der Waals surface area contributed by atoms with E-state index < -0.39 is 24.6 Å². The van der Waals surface area contributed by atoms with Gasteiger partial charge in [-0.25, -0.2) is 13.8 Å². The molecule has 3 heterocycles. The lowest BCUT2D eigenvalue weighted by Crippen LogP contribution is -2.32. The number of methoxy groups -OCH3 is 2. The van der Waals surface area contributed by atoms with Crippen molar-refractivity contribution in [2.24, 2.45) is 5.92 Å². The fraction of sp³-hybridized carbons (Fsp3) is 0.500. The first kappa shape index (κ1) is 23.5. The molecule has 1 aliphatic heterocycles. The van der Waals surface area contributed by atoms with Gasteiger partial charge in [0.2, 0.25) is 0 Å². The van der Waals surface area contributed by atoms with Gasteiger partial charge < -0.3 is 18.9 Å². The predicted octanol–water partition coefficient (Wildman–Crippen LogP) is 3.56. The summed E-state index contributed by atoms with van der Waals surface area (Å²) in [5, 5.41) is 9.39. The Morgan fingerprint density at radius 1 is 1.28 bits per heavy atom. The van der Waals surface area contributed by atoms with E-state index in [1.54, 1.807) is 19.2 Å². The Balaban J connectivity index is 2.23. The average Bonchev–Trinajstić information content (AvgIpc) is 2.76. The smallest absolute Gasteiger partial charge is 0.269 e. The largest absolute Gasteiger partial charge is 0.488 e. The molecule has 3 rings (SSSR count). The molecule has 1 aliphatic rings. The van der Waals surface area contributed by atoms with E-state index in [1.165, 1.54) is 13.2 Å².